The van der Waals surface area contributed by atoms with Crippen LogP contribution in [0.15, 0.2) is 24.3 Å². The van der Waals surface area contributed by atoms with Crippen LogP contribution in [0.3, 0.4) is 0 Å². The molecule has 1 amide bonds. The number of piperidine rings is 2. The average molecular weight is 350 g/mol. The summed E-state index contributed by atoms with van der Waals surface area (Å²) in [5.74, 6) is 0.310. The summed E-state index contributed by atoms with van der Waals surface area (Å²) in [5, 5.41) is 3.81. The standard InChI is InChI=1S/C19H28ClN3O/c1-22-10-7-18(8-11-22)23-9-3-5-16(14-23)19(24)21-13-15-4-2-6-17(20)12-15/h2,4,6,12,16,18H,3,5,7-11,13-14H2,1H3,(H,21,24)/t16-/m1/s1. The highest BCUT2D eigenvalue weighted by Gasteiger charge is 2.30. The van der Waals surface area contributed by atoms with Crippen LogP contribution in [0.2, 0.25) is 5.02 Å². The Hall–Kier alpha value is -1.10. The van der Waals surface area contributed by atoms with Crippen LogP contribution in [-0.4, -0.2) is 55.0 Å². The van der Waals surface area contributed by atoms with Gasteiger partial charge in [-0.25, -0.2) is 0 Å². The van der Waals surface area contributed by atoms with Gasteiger partial charge in [0, 0.05) is 24.2 Å². The van der Waals surface area contributed by atoms with Crippen LogP contribution >= 0.6 is 11.6 Å². The van der Waals surface area contributed by atoms with Crippen molar-refractivity contribution in [3.8, 4) is 0 Å². The number of hydrogen-bond donors (Lipinski definition) is 1. The Morgan fingerprint density at radius 3 is 2.79 bits per heavy atom. The minimum absolute atomic E-state index is 0.123. The zero-order valence-corrected chi connectivity index (χ0v) is 15.3. The fourth-order valence-electron chi connectivity index (χ4n) is 3.89. The Morgan fingerprint density at radius 1 is 1.25 bits per heavy atom. The lowest BCUT2D eigenvalue weighted by molar-refractivity contribution is -0.127. The van der Waals surface area contributed by atoms with Crippen LogP contribution in [0.4, 0.5) is 0 Å². The van der Waals surface area contributed by atoms with Crippen molar-refractivity contribution in [3.05, 3.63) is 34.9 Å². The van der Waals surface area contributed by atoms with Gasteiger partial charge in [-0.2, -0.15) is 0 Å². The summed E-state index contributed by atoms with van der Waals surface area (Å²) in [5.41, 5.74) is 1.05. The van der Waals surface area contributed by atoms with Gasteiger partial charge in [0.25, 0.3) is 0 Å². The van der Waals surface area contributed by atoms with Gasteiger partial charge in [0.1, 0.15) is 0 Å². The highest BCUT2D eigenvalue weighted by molar-refractivity contribution is 6.30. The first-order valence-corrected chi connectivity index (χ1v) is 9.44. The van der Waals surface area contributed by atoms with Gasteiger partial charge in [0.05, 0.1) is 5.92 Å². The minimum atomic E-state index is 0.123. The van der Waals surface area contributed by atoms with Crippen LogP contribution in [-0.2, 0) is 11.3 Å². The molecule has 0 aliphatic carbocycles. The highest BCUT2D eigenvalue weighted by atomic mass is 35.5. The molecular weight excluding hydrogens is 322 g/mol. The third kappa shape index (κ3) is 4.71. The van der Waals surface area contributed by atoms with Gasteiger partial charge < -0.3 is 10.2 Å². The zero-order valence-electron chi connectivity index (χ0n) is 14.5. The first-order chi connectivity index (χ1) is 11.6. The Bertz CT molecular complexity index is 557. The first kappa shape index (κ1) is 17.7. The predicted molar refractivity (Wildman–Crippen MR) is 98.1 cm³/mol. The summed E-state index contributed by atoms with van der Waals surface area (Å²) in [7, 11) is 2.19. The summed E-state index contributed by atoms with van der Waals surface area (Å²) in [6, 6.07) is 8.34. The highest BCUT2D eigenvalue weighted by Crippen LogP contribution is 2.23. The number of rotatable bonds is 4. The largest absolute Gasteiger partial charge is 0.352 e. The Kier molecular flexibility index (Phi) is 6.14. The van der Waals surface area contributed by atoms with Crippen molar-refractivity contribution in [1.82, 2.24) is 15.1 Å². The van der Waals surface area contributed by atoms with E-state index in [1.807, 2.05) is 24.3 Å². The van der Waals surface area contributed by atoms with E-state index >= 15 is 0 Å². The van der Waals surface area contributed by atoms with Crippen LogP contribution in [0.5, 0.6) is 0 Å². The maximum atomic E-state index is 12.6. The number of amides is 1. The summed E-state index contributed by atoms with van der Waals surface area (Å²) in [6.45, 7) is 4.96. The van der Waals surface area contributed by atoms with Crippen LogP contribution < -0.4 is 5.32 Å². The number of likely N-dealkylation sites (tertiary alicyclic amines) is 2. The SMILES string of the molecule is CN1CCC(N2CCC[C@@H](C(=O)NCc3cccc(Cl)c3)C2)CC1. The normalized spacial score (nSPS) is 24.0. The predicted octanol–water partition coefficient (Wildman–Crippen LogP) is 2.76. The van der Waals surface area contributed by atoms with Crippen molar-refractivity contribution in [1.29, 1.82) is 0 Å². The van der Waals surface area contributed by atoms with Crippen molar-refractivity contribution in [2.24, 2.45) is 5.92 Å². The average Bonchev–Trinajstić information content (AvgIpc) is 2.60. The van der Waals surface area contributed by atoms with Gasteiger partial charge in [0.15, 0.2) is 0 Å². The molecule has 0 bridgehead atoms. The number of benzene rings is 1. The van der Waals surface area contributed by atoms with Gasteiger partial charge in [0.2, 0.25) is 5.91 Å². The topological polar surface area (TPSA) is 35.6 Å². The van der Waals surface area contributed by atoms with E-state index in [9.17, 15) is 4.79 Å². The van der Waals surface area contributed by atoms with Crippen molar-refractivity contribution in [2.45, 2.75) is 38.3 Å². The fourth-order valence-corrected chi connectivity index (χ4v) is 4.11. The fraction of sp³-hybridized carbons (Fsp3) is 0.632. The third-order valence-corrected chi connectivity index (χ3v) is 5.62. The van der Waals surface area contributed by atoms with E-state index in [1.165, 1.54) is 25.9 Å². The number of nitrogens with zero attached hydrogens (tertiary/aromatic N) is 2. The number of hydrogen-bond acceptors (Lipinski definition) is 3. The summed E-state index contributed by atoms with van der Waals surface area (Å²) >= 11 is 6.00. The Morgan fingerprint density at radius 2 is 2.04 bits per heavy atom. The molecule has 2 heterocycles. The lowest BCUT2D eigenvalue weighted by Crippen LogP contribution is -2.50. The zero-order chi connectivity index (χ0) is 16.9. The molecule has 2 aliphatic rings. The molecule has 1 atom stereocenters. The smallest absolute Gasteiger partial charge is 0.224 e. The van der Waals surface area contributed by atoms with Gasteiger partial charge in [-0.05, 0) is 70.1 Å². The van der Waals surface area contributed by atoms with Crippen molar-refractivity contribution >= 4 is 17.5 Å². The first-order valence-electron chi connectivity index (χ1n) is 9.06. The molecule has 0 aromatic heterocycles. The molecule has 0 radical (unpaired) electrons. The van der Waals surface area contributed by atoms with E-state index in [1.54, 1.807) is 0 Å². The Balaban J connectivity index is 1.49. The summed E-state index contributed by atoms with van der Waals surface area (Å²) in [6.07, 6.45) is 4.59. The van der Waals surface area contributed by atoms with E-state index in [0.717, 1.165) is 31.5 Å². The molecule has 2 fully saturated rings. The monoisotopic (exact) mass is 349 g/mol. The molecule has 132 valence electrons. The third-order valence-electron chi connectivity index (χ3n) is 5.38. The maximum Gasteiger partial charge on any atom is 0.224 e. The molecule has 2 aliphatic heterocycles. The molecule has 0 saturated carbocycles. The molecule has 2 saturated heterocycles. The van der Waals surface area contributed by atoms with E-state index in [4.69, 9.17) is 11.6 Å². The second kappa shape index (κ2) is 8.32. The molecule has 0 unspecified atom stereocenters. The van der Waals surface area contributed by atoms with E-state index < -0.39 is 0 Å². The number of carbonyl (C=O) groups is 1. The lowest BCUT2D eigenvalue weighted by Gasteiger charge is -2.41. The second-order valence-corrected chi connectivity index (χ2v) is 7.65. The van der Waals surface area contributed by atoms with Gasteiger partial charge in [-0.15, -0.1) is 0 Å². The molecule has 1 N–H and O–H groups in total. The lowest BCUT2D eigenvalue weighted by atomic mass is 9.93. The quantitative estimate of drug-likeness (QED) is 0.907. The number of halogens is 1. The second-order valence-electron chi connectivity index (χ2n) is 7.22. The molecule has 5 heteroatoms. The number of carbonyl (C=O) groups excluding carboxylic acids is 1. The van der Waals surface area contributed by atoms with Crippen molar-refractivity contribution in [3.63, 3.8) is 0 Å². The van der Waals surface area contributed by atoms with Gasteiger partial charge in [-0.3, -0.25) is 9.69 Å². The van der Waals surface area contributed by atoms with Gasteiger partial charge in [-0.1, -0.05) is 23.7 Å². The minimum Gasteiger partial charge on any atom is -0.352 e. The summed E-state index contributed by atoms with van der Waals surface area (Å²) in [4.78, 5) is 17.5. The van der Waals surface area contributed by atoms with Crippen molar-refractivity contribution < 1.29 is 4.79 Å². The van der Waals surface area contributed by atoms with E-state index in [2.05, 4.69) is 22.2 Å². The Labute approximate surface area is 150 Å². The molecular formula is C19H28ClN3O. The molecule has 1 aromatic carbocycles. The molecule has 0 spiro atoms. The van der Waals surface area contributed by atoms with Gasteiger partial charge >= 0.3 is 0 Å². The van der Waals surface area contributed by atoms with Crippen molar-refractivity contribution in [2.75, 3.05) is 33.2 Å². The molecule has 3 rings (SSSR count). The number of nitrogens with one attached hydrogen (secondary N) is 1. The molecule has 4 nitrogen and oxygen atoms in total. The molecule has 1 aromatic rings. The van der Waals surface area contributed by atoms with E-state index in [-0.39, 0.29) is 11.8 Å². The van der Waals surface area contributed by atoms with Crippen LogP contribution in [0, 0.1) is 5.92 Å². The molecule has 24 heavy (non-hydrogen) atoms. The van der Waals surface area contributed by atoms with Crippen LogP contribution in [0.25, 0.3) is 0 Å². The summed E-state index contributed by atoms with van der Waals surface area (Å²) < 4.78 is 0. The van der Waals surface area contributed by atoms with E-state index in [0.29, 0.717) is 17.6 Å². The maximum absolute atomic E-state index is 12.6. The van der Waals surface area contributed by atoms with Crippen LogP contribution in [0.1, 0.15) is 31.2 Å².